The summed E-state index contributed by atoms with van der Waals surface area (Å²) >= 11 is 1.48. The molecule has 0 aliphatic carbocycles. The summed E-state index contributed by atoms with van der Waals surface area (Å²) in [5.74, 6) is -0.910. The number of anilines is 2. The molecule has 0 saturated carbocycles. The van der Waals surface area contributed by atoms with E-state index in [-0.39, 0.29) is 23.9 Å². The first-order valence-corrected chi connectivity index (χ1v) is 11.2. The van der Waals surface area contributed by atoms with Crippen molar-refractivity contribution in [2.24, 2.45) is 16.6 Å². The van der Waals surface area contributed by atoms with Crippen LogP contribution in [0.3, 0.4) is 0 Å². The van der Waals surface area contributed by atoms with Gasteiger partial charge in [-0.05, 0) is 50.1 Å². The molecule has 1 unspecified atom stereocenters. The molecule has 172 valence electrons. The van der Waals surface area contributed by atoms with E-state index in [2.05, 4.69) is 10.3 Å². The van der Waals surface area contributed by atoms with Crippen molar-refractivity contribution in [3.63, 3.8) is 0 Å². The fraction of sp³-hybridized carbons (Fsp3) is 0.524. The van der Waals surface area contributed by atoms with Crippen molar-refractivity contribution in [2.45, 2.75) is 32.6 Å². The number of amidine groups is 1. The standard InChI is InChI=1S/C21H32N4O5S/c1-14(22)24-8-3-5-16(21(28)29)12-19(26)15-6-7-17(23)18(11-15)25-20(27)13-31-10-4-9-30-2/h6-7,11,16H,3-5,8-10,12-13,23H2,1-2H3,(H2,22,24)(H,25,27)(H,28,29). The summed E-state index contributed by atoms with van der Waals surface area (Å²) in [4.78, 5) is 40.3. The van der Waals surface area contributed by atoms with Gasteiger partial charge in [0, 0.05) is 32.2 Å². The maximum Gasteiger partial charge on any atom is 0.306 e. The van der Waals surface area contributed by atoms with Gasteiger partial charge in [-0.1, -0.05) is 0 Å². The SMILES string of the molecule is COCCCSCC(=O)Nc1cc(C(=O)CC(CCCN=C(C)N)C(=O)O)ccc1N. The zero-order valence-corrected chi connectivity index (χ0v) is 18.9. The number of carbonyl (C=O) groups excluding carboxylic acids is 2. The van der Waals surface area contributed by atoms with E-state index in [0.717, 1.165) is 12.2 Å². The Hall–Kier alpha value is -2.59. The second-order valence-corrected chi connectivity index (χ2v) is 8.18. The van der Waals surface area contributed by atoms with E-state index in [1.54, 1.807) is 14.0 Å². The van der Waals surface area contributed by atoms with E-state index in [9.17, 15) is 19.5 Å². The van der Waals surface area contributed by atoms with Gasteiger partial charge in [0.15, 0.2) is 5.78 Å². The number of thioether (sulfide) groups is 1. The minimum atomic E-state index is -1.03. The largest absolute Gasteiger partial charge is 0.481 e. The highest BCUT2D eigenvalue weighted by Crippen LogP contribution is 2.23. The predicted octanol–water partition coefficient (Wildman–Crippen LogP) is 2.41. The van der Waals surface area contributed by atoms with Gasteiger partial charge >= 0.3 is 5.97 Å². The van der Waals surface area contributed by atoms with Crippen molar-refractivity contribution >= 4 is 46.6 Å². The van der Waals surface area contributed by atoms with Crippen molar-refractivity contribution < 1.29 is 24.2 Å². The second kappa shape index (κ2) is 14.4. The fourth-order valence-corrected chi connectivity index (χ4v) is 3.47. The van der Waals surface area contributed by atoms with Gasteiger partial charge in [0.25, 0.3) is 0 Å². The Labute approximate surface area is 187 Å². The second-order valence-electron chi connectivity index (χ2n) is 7.08. The first-order chi connectivity index (χ1) is 14.7. The Bertz CT molecular complexity index is 781. The van der Waals surface area contributed by atoms with Crippen LogP contribution < -0.4 is 16.8 Å². The lowest BCUT2D eigenvalue weighted by atomic mass is 9.94. The molecule has 0 spiro atoms. The zero-order chi connectivity index (χ0) is 23.2. The summed E-state index contributed by atoms with van der Waals surface area (Å²) in [7, 11) is 1.63. The monoisotopic (exact) mass is 452 g/mol. The molecule has 1 atom stereocenters. The normalized spacial score (nSPS) is 12.4. The number of ether oxygens (including phenoxy) is 1. The highest BCUT2D eigenvalue weighted by molar-refractivity contribution is 7.99. The van der Waals surface area contributed by atoms with Crippen LogP contribution in [-0.2, 0) is 14.3 Å². The van der Waals surface area contributed by atoms with Gasteiger partial charge in [0.1, 0.15) is 0 Å². The Morgan fingerprint density at radius 2 is 2.03 bits per heavy atom. The maximum absolute atomic E-state index is 12.6. The molecule has 10 heteroatoms. The fourth-order valence-electron chi connectivity index (χ4n) is 2.74. The molecule has 31 heavy (non-hydrogen) atoms. The summed E-state index contributed by atoms with van der Waals surface area (Å²) in [6.07, 6.45) is 1.54. The molecule has 6 N–H and O–H groups in total. The van der Waals surface area contributed by atoms with Crippen molar-refractivity contribution in [2.75, 3.05) is 42.8 Å². The number of nitrogens with one attached hydrogen (secondary N) is 1. The molecule has 1 aromatic rings. The molecule has 0 aliphatic rings. The minimum absolute atomic E-state index is 0.146. The molecular formula is C21H32N4O5S. The van der Waals surface area contributed by atoms with Crippen LogP contribution in [0, 0.1) is 5.92 Å². The molecule has 0 aromatic heterocycles. The molecule has 0 radical (unpaired) electrons. The predicted molar refractivity (Wildman–Crippen MR) is 125 cm³/mol. The molecule has 1 rings (SSSR count). The third kappa shape index (κ3) is 10.8. The van der Waals surface area contributed by atoms with Crippen LogP contribution in [0.1, 0.15) is 43.0 Å². The molecule has 1 amide bonds. The Morgan fingerprint density at radius 1 is 1.29 bits per heavy atom. The number of methoxy groups -OCH3 is 1. The number of carboxylic acids is 1. The lowest BCUT2D eigenvalue weighted by Crippen LogP contribution is -2.19. The average Bonchev–Trinajstić information content (AvgIpc) is 2.71. The van der Waals surface area contributed by atoms with E-state index in [1.165, 1.54) is 30.0 Å². The molecule has 9 nitrogen and oxygen atoms in total. The number of aliphatic carboxylic acids is 1. The first kappa shape index (κ1) is 26.4. The average molecular weight is 453 g/mol. The van der Waals surface area contributed by atoms with E-state index in [0.29, 0.717) is 48.8 Å². The number of aliphatic imine (C=N–C) groups is 1. The summed E-state index contributed by atoms with van der Waals surface area (Å²) < 4.78 is 4.96. The summed E-state index contributed by atoms with van der Waals surface area (Å²) in [5.41, 5.74) is 12.4. The molecule has 0 heterocycles. The molecule has 0 saturated heterocycles. The number of rotatable bonds is 15. The highest BCUT2D eigenvalue weighted by atomic mass is 32.2. The quantitative estimate of drug-likeness (QED) is 0.104. The van der Waals surface area contributed by atoms with E-state index < -0.39 is 11.9 Å². The Morgan fingerprint density at radius 3 is 2.68 bits per heavy atom. The smallest absolute Gasteiger partial charge is 0.306 e. The van der Waals surface area contributed by atoms with Crippen molar-refractivity contribution in [1.29, 1.82) is 0 Å². The number of hydrogen-bond donors (Lipinski definition) is 4. The number of Topliss-reactive ketones (excluding diaryl/α,β-unsaturated/α-hetero) is 1. The Balaban J connectivity index is 2.68. The van der Waals surface area contributed by atoms with Crippen LogP contribution >= 0.6 is 11.8 Å². The van der Waals surface area contributed by atoms with Crippen LogP contribution in [0.2, 0.25) is 0 Å². The van der Waals surface area contributed by atoms with Gasteiger partial charge < -0.3 is 26.6 Å². The third-order valence-corrected chi connectivity index (χ3v) is 5.42. The molecule has 0 bridgehead atoms. The van der Waals surface area contributed by atoms with Crippen molar-refractivity contribution in [3.8, 4) is 0 Å². The van der Waals surface area contributed by atoms with Gasteiger partial charge in [0.05, 0.1) is 28.9 Å². The molecular weight excluding hydrogens is 420 g/mol. The minimum Gasteiger partial charge on any atom is -0.481 e. The third-order valence-electron chi connectivity index (χ3n) is 4.37. The number of carbonyl (C=O) groups is 3. The van der Waals surface area contributed by atoms with Crippen LogP contribution in [0.4, 0.5) is 11.4 Å². The number of nitrogen functional groups attached to an aromatic ring is 1. The van der Waals surface area contributed by atoms with Gasteiger partial charge in [-0.25, -0.2) is 0 Å². The van der Waals surface area contributed by atoms with Crippen LogP contribution in [0.5, 0.6) is 0 Å². The lowest BCUT2D eigenvalue weighted by Gasteiger charge is -2.13. The van der Waals surface area contributed by atoms with Gasteiger partial charge in [0.2, 0.25) is 5.91 Å². The zero-order valence-electron chi connectivity index (χ0n) is 18.1. The topological polar surface area (TPSA) is 157 Å². The number of nitrogens with two attached hydrogens (primary N) is 2. The van der Waals surface area contributed by atoms with Gasteiger partial charge in [-0.2, -0.15) is 11.8 Å². The van der Waals surface area contributed by atoms with E-state index in [1.807, 2.05) is 0 Å². The van der Waals surface area contributed by atoms with Gasteiger partial charge in [-0.3, -0.25) is 19.4 Å². The Kier molecular flexibility index (Phi) is 12.3. The van der Waals surface area contributed by atoms with Crippen LogP contribution in [-0.4, -0.2) is 60.4 Å². The van der Waals surface area contributed by atoms with Gasteiger partial charge in [-0.15, -0.1) is 0 Å². The number of nitrogens with zero attached hydrogens (tertiary/aromatic N) is 1. The van der Waals surface area contributed by atoms with Crippen molar-refractivity contribution in [1.82, 2.24) is 0 Å². The van der Waals surface area contributed by atoms with E-state index >= 15 is 0 Å². The van der Waals surface area contributed by atoms with Crippen LogP contribution in [0.25, 0.3) is 0 Å². The summed E-state index contributed by atoms with van der Waals surface area (Å²) in [6, 6.07) is 4.56. The number of benzene rings is 1. The summed E-state index contributed by atoms with van der Waals surface area (Å²) in [6.45, 7) is 2.72. The molecule has 0 aliphatic heterocycles. The highest BCUT2D eigenvalue weighted by Gasteiger charge is 2.22. The number of hydrogen-bond acceptors (Lipinski definition) is 7. The van der Waals surface area contributed by atoms with Crippen LogP contribution in [0.15, 0.2) is 23.2 Å². The van der Waals surface area contributed by atoms with E-state index in [4.69, 9.17) is 16.2 Å². The molecule has 1 aromatic carbocycles. The number of ketones is 1. The lowest BCUT2D eigenvalue weighted by molar-refractivity contribution is -0.141. The first-order valence-electron chi connectivity index (χ1n) is 10.0. The maximum atomic E-state index is 12.6. The summed E-state index contributed by atoms with van der Waals surface area (Å²) in [5, 5.41) is 12.1. The van der Waals surface area contributed by atoms with Crippen molar-refractivity contribution in [3.05, 3.63) is 23.8 Å². The number of carboxylic acid groups (broad SMARTS) is 1. The number of amides is 1. The molecule has 0 fully saturated rings.